The second-order valence-electron chi connectivity index (χ2n) is 7.67. The van der Waals surface area contributed by atoms with E-state index >= 15 is 0 Å². The molecule has 0 aliphatic heterocycles. The van der Waals surface area contributed by atoms with Crippen LogP contribution >= 0.6 is 0 Å². The fourth-order valence-electron chi connectivity index (χ4n) is 2.99. The number of nitrogens with zero attached hydrogens (tertiary/aromatic N) is 1. The summed E-state index contributed by atoms with van der Waals surface area (Å²) in [4.78, 5) is 36.3. The molecule has 0 unspecified atom stereocenters. The standard InChI is InChI=1S/C27H28N4O6/c1-3-14-36-22-12-10-20(11-13-22)30-26(33)27(34)31-28-17-19-6-4-9-24(15-19)37-18-25(32)29-21-7-5-8-23(16-21)35-2/h4-13,15-17H,3,14,18H2,1-2H3,(H,29,32)(H,30,33)(H,31,34)/b28-17-. The van der Waals surface area contributed by atoms with Crippen LogP contribution in [-0.2, 0) is 14.4 Å². The van der Waals surface area contributed by atoms with Crippen LogP contribution in [0, 0.1) is 0 Å². The molecule has 0 aromatic heterocycles. The topological polar surface area (TPSA) is 127 Å². The van der Waals surface area contributed by atoms with Crippen molar-refractivity contribution in [1.29, 1.82) is 0 Å². The summed E-state index contributed by atoms with van der Waals surface area (Å²) in [7, 11) is 1.55. The highest BCUT2D eigenvalue weighted by Gasteiger charge is 2.13. The summed E-state index contributed by atoms with van der Waals surface area (Å²) in [5.41, 5.74) is 3.81. The van der Waals surface area contributed by atoms with E-state index < -0.39 is 11.8 Å². The molecule has 0 radical (unpaired) electrons. The van der Waals surface area contributed by atoms with Crippen molar-refractivity contribution in [2.75, 3.05) is 31.0 Å². The quantitative estimate of drug-likeness (QED) is 0.208. The van der Waals surface area contributed by atoms with E-state index in [1.165, 1.54) is 6.21 Å². The molecule has 0 heterocycles. The Hall–Kier alpha value is -4.86. The zero-order chi connectivity index (χ0) is 26.5. The molecule has 10 heteroatoms. The molecule has 3 aromatic carbocycles. The molecule has 0 atom stereocenters. The SMILES string of the molecule is CCCOc1ccc(NC(=O)C(=O)N/N=C\c2cccc(OCC(=O)Nc3cccc(OC)c3)c2)cc1. The lowest BCUT2D eigenvalue weighted by atomic mass is 10.2. The number of benzene rings is 3. The number of hydrogen-bond acceptors (Lipinski definition) is 7. The predicted molar refractivity (Wildman–Crippen MR) is 140 cm³/mol. The molecule has 0 bridgehead atoms. The zero-order valence-electron chi connectivity index (χ0n) is 20.5. The number of amides is 3. The van der Waals surface area contributed by atoms with E-state index in [0.717, 1.165) is 6.42 Å². The molecular formula is C27H28N4O6. The molecule has 0 aliphatic carbocycles. The number of anilines is 2. The number of rotatable bonds is 11. The summed E-state index contributed by atoms with van der Waals surface area (Å²) in [5, 5.41) is 9.02. The summed E-state index contributed by atoms with van der Waals surface area (Å²) < 4.78 is 16.1. The minimum Gasteiger partial charge on any atom is -0.497 e. The van der Waals surface area contributed by atoms with Gasteiger partial charge in [0.05, 0.1) is 19.9 Å². The Bertz CT molecular complexity index is 1240. The van der Waals surface area contributed by atoms with Crippen molar-refractivity contribution in [3.8, 4) is 17.2 Å². The van der Waals surface area contributed by atoms with Crippen molar-refractivity contribution in [2.24, 2.45) is 5.10 Å². The van der Waals surface area contributed by atoms with Gasteiger partial charge in [0.25, 0.3) is 5.91 Å². The minimum atomic E-state index is -0.927. The summed E-state index contributed by atoms with van der Waals surface area (Å²) in [5.74, 6) is -0.393. The molecule has 37 heavy (non-hydrogen) atoms. The van der Waals surface area contributed by atoms with Crippen molar-refractivity contribution in [3.05, 3.63) is 78.4 Å². The Morgan fingerprint density at radius 1 is 0.811 bits per heavy atom. The average Bonchev–Trinajstić information content (AvgIpc) is 2.91. The van der Waals surface area contributed by atoms with E-state index in [-0.39, 0.29) is 12.5 Å². The zero-order valence-corrected chi connectivity index (χ0v) is 20.5. The number of carbonyl (C=O) groups excluding carboxylic acids is 3. The van der Waals surface area contributed by atoms with Gasteiger partial charge in [0.2, 0.25) is 0 Å². The first-order chi connectivity index (χ1) is 18.0. The molecular weight excluding hydrogens is 476 g/mol. The van der Waals surface area contributed by atoms with Crippen molar-refractivity contribution < 1.29 is 28.6 Å². The molecule has 3 N–H and O–H groups in total. The molecule has 3 amide bonds. The van der Waals surface area contributed by atoms with Gasteiger partial charge in [-0.05, 0) is 60.5 Å². The molecule has 0 aliphatic rings. The summed E-state index contributed by atoms with van der Waals surface area (Å²) in [6.07, 6.45) is 2.24. The van der Waals surface area contributed by atoms with Gasteiger partial charge >= 0.3 is 11.8 Å². The molecule has 10 nitrogen and oxygen atoms in total. The highest BCUT2D eigenvalue weighted by molar-refractivity contribution is 6.39. The third-order valence-electron chi connectivity index (χ3n) is 4.75. The monoisotopic (exact) mass is 504 g/mol. The maximum Gasteiger partial charge on any atom is 0.329 e. The predicted octanol–water partition coefficient (Wildman–Crippen LogP) is 3.59. The van der Waals surface area contributed by atoms with Crippen LogP contribution < -0.4 is 30.3 Å². The van der Waals surface area contributed by atoms with Gasteiger partial charge < -0.3 is 24.8 Å². The van der Waals surface area contributed by atoms with Gasteiger partial charge in [0.15, 0.2) is 6.61 Å². The van der Waals surface area contributed by atoms with Crippen LogP contribution in [0.2, 0.25) is 0 Å². The molecule has 3 aromatic rings. The Balaban J connectivity index is 1.45. The van der Waals surface area contributed by atoms with Gasteiger partial charge in [-0.1, -0.05) is 25.1 Å². The number of ether oxygens (including phenoxy) is 3. The first-order valence-electron chi connectivity index (χ1n) is 11.5. The highest BCUT2D eigenvalue weighted by Crippen LogP contribution is 2.17. The van der Waals surface area contributed by atoms with Gasteiger partial charge in [-0.3, -0.25) is 14.4 Å². The summed E-state index contributed by atoms with van der Waals surface area (Å²) in [6.45, 7) is 2.40. The Kier molecular flexibility index (Phi) is 10.0. The van der Waals surface area contributed by atoms with Crippen LogP contribution in [-0.4, -0.2) is 44.3 Å². The number of methoxy groups -OCH3 is 1. The largest absolute Gasteiger partial charge is 0.497 e. The second-order valence-corrected chi connectivity index (χ2v) is 7.67. The number of hydrazone groups is 1. The van der Waals surface area contributed by atoms with Crippen molar-refractivity contribution in [2.45, 2.75) is 13.3 Å². The lowest BCUT2D eigenvalue weighted by Gasteiger charge is -2.09. The third-order valence-corrected chi connectivity index (χ3v) is 4.75. The van der Waals surface area contributed by atoms with Crippen molar-refractivity contribution in [3.63, 3.8) is 0 Å². The van der Waals surface area contributed by atoms with Crippen LogP contribution in [0.5, 0.6) is 17.2 Å². The van der Waals surface area contributed by atoms with Crippen LogP contribution in [0.1, 0.15) is 18.9 Å². The lowest BCUT2D eigenvalue weighted by Crippen LogP contribution is -2.32. The van der Waals surface area contributed by atoms with E-state index in [9.17, 15) is 14.4 Å². The summed E-state index contributed by atoms with van der Waals surface area (Å²) >= 11 is 0. The summed E-state index contributed by atoms with van der Waals surface area (Å²) in [6, 6.07) is 20.4. The fourth-order valence-corrected chi connectivity index (χ4v) is 2.99. The average molecular weight is 505 g/mol. The third kappa shape index (κ3) is 9.02. The second kappa shape index (κ2) is 13.9. The van der Waals surface area contributed by atoms with E-state index in [1.54, 1.807) is 79.9 Å². The van der Waals surface area contributed by atoms with Gasteiger partial charge in [0, 0.05) is 17.4 Å². The molecule has 192 valence electrons. The van der Waals surface area contributed by atoms with Crippen molar-refractivity contribution in [1.82, 2.24) is 5.43 Å². The van der Waals surface area contributed by atoms with E-state index in [2.05, 4.69) is 21.2 Å². The molecule has 0 saturated carbocycles. The van der Waals surface area contributed by atoms with Gasteiger partial charge in [0.1, 0.15) is 17.2 Å². The lowest BCUT2D eigenvalue weighted by molar-refractivity contribution is -0.136. The fraction of sp³-hybridized carbons (Fsp3) is 0.185. The van der Waals surface area contributed by atoms with Crippen molar-refractivity contribution >= 4 is 35.3 Å². The van der Waals surface area contributed by atoms with E-state index in [0.29, 0.717) is 40.8 Å². The number of carbonyl (C=O) groups is 3. The molecule has 0 fully saturated rings. The highest BCUT2D eigenvalue weighted by atomic mass is 16.5. The Morgan fingerprint density at radius 2 is 1.57 bits per heavy atom. The normalized spacial score (nSPS) is 10.4. The van der Waals surface area contributed by atoms with Crippen LogP contribution in [0.4, 0.5) is 11.4 Å². The smallest absolute Gasteiger partial charge is 0.329 e. The molecule has 0 spiro atoms. The minimum absolute atomic E-state index is 0.208. The molecule has 0 saturated heterocycles. The van der Waals surface area contributed by atoms with Gasteiger partial charge in [-0.2, -0.15) is 5.10 Å². The van der Waals surface area contributed by atoms with E-state index in [4.69, 9.17) is 14.2 Å². The molecule has 3 rings (SSSR count). The maximum absolute atomic E-state index is 12.2. The Morgan fingerprint density at radius 3 is 2.32 bits per heavy atom. The van der Waals surface area contributed by atoms with Crippen LogP contribution in [0.3, 0.4) is 0 Å². The van der Waals surface area contributed by atoms with Gasteiger partial charge in [-0.15, -0.1) is 0 Å². The van der Waals surface area contributed by atoms with Gasteiger partial charge in [-0.25, -0.2) is 5.43 Å². The van der Waals surface area contributed by atoms with Crippen LogP contribution in [0.15, 0.2) is 77.9 Å². The van der Waals surface area contributed by atoms with Crippen LogP contribution in [0.25, 0.3) is 0 Å². The maximum atomic E-state index is 12.2. The number of nitrogens with one attached hydrogen (secondary N) is 3. The first kappa shape index (κ1) is 26.7. The van der Waals surface area contributed by atoms with E-state index in [1.807, 2.05) is 6.92 Å². The Labute approximate surface area is 214 Å². The first-order valence-corrected chi connectivity index (χ1v) is 11.5. The number of hydrogen-bond donors (Lipinski definition) is 3.